The second-order valence-electron chi connectivity index (χ2n) is 12.8. The molecular weight excluding hydrogens is 432 g/mol. The van der Waals surface area contributed by atoms with Gasteiger partial charge in [0.25, 0.3) is 0 Å². The zero-order valence-electron chi connectivity index (χ0n) is 21.7. The molecule has 4 nitrogen and oxygen atoms in total. The quantitative estimate of drug-likeness (QED) is 0.450. The minimum atomic E-state index is -0.197. The number of hydrogen-bond acceptors (Lipinski definition) is 3. The molecule has 190 valence electrons. The number of para-hydroxylation sites is 1. The molecule has 0 spiro atoms. The molecule has 0 radical (unpaired) electrons. The second kappa shape index (κ2) is 9.65. The normalized spacial score (nSPS) is 35.8. The molecule has 1 aromatic carbocycles. The van der Waals surface area contributed by atoms with Crippen LogP contribution in [0.5, 0.6) is 0 Å². The number of anilines is 1. The number of nitrogens with zero attached hydrogens (tertiary/aromatic N) is 2. The molecule has 3 saturated carbocycles. The Hall–Kier alpha value is -1.68. The standard InChI is InChI=1S/C31H44N2O2/c1-22(34)31(15-16-31)14-13-30(35)33(25-9-3-2-4-10-25)29-20-26-11-6-12-27(21-29)32(26)28-18-23-7-5-8-24(17-23)19-28/h2-4,9-10,23-24,26-29H,5-8,11-21H2,1H3/t23-,24+,26-,27+,28?,29?. The van der Waals surface area contributed by atoms with Gasteiger partial charge in [-0.3, -0.25) is 14.5 Å². The van der Waals surface area contributed by atoms with Gasteiger partial charge >= 0.3 is 0 Å². The molecule has 2 unspecified atom stereocenters. The van der Waals surface area contributed by atoms with Crippen molar-refractivity contribution in [2.75, 3.05) is 4.90 Å². The molecule has 2 heterocycles. The van der Waals surface area contributed by atoms with Crippen molar-refractivity contribution in [3.63, 3.8) is 0 Å². The highest BCUT2D eigenvalue weighted by atomic mass is 16.2. The number of hydrogen-bond donors (Lipinski definition) is 0. The number of Topliss-reactive ketones (excluding diaryl/α,β-unsaturated/α-hetero) is 1. The number of ketones is 1. The predicted molar refractivity (Wildman–Crippen MR) is 140 cm³/mol. The molecule has 5 aliphatic rings. The Morgan fingerprint density at radius 3 is 2.09 bits per heavy atom. The van der Waals surface area contributed by atoms with E-state index in [9.17, 15) is 9.59 Å². The molecule has 1 aromatic rings. The summed E-state index contributed by atoms with van der Waals surface area (Å²) in [5.41, 5.74) is 0.852. The first-order valence-electron chi connectivity index (χ1n) is 14.7. The number of rotatable bonds is 7. The van der Waals surface area contributed by atoms with E-state index < -0.39 is 0 Å². The summed E-state index contributed by atoms with van der Waals surface area (Å²) in [5, 5.41) is 0. The Morgan fingerprint density at radius 1 is 0.857 bits per heavy atom. The molecule has 4 heteroatoms. The van der Waals surface area contributed by atoms with Gasteiger partial charge < -0.3 is 4.90 Å². The highest BCUT2D eigenvalue weighted by molar-refractivity contribution is 5.95. The summed E-state index contributed by atoms with van der Waals surface area (Å²) in [6.45, 7) is 1.71. The van der Waals surface area contributed by atoms with Crippen LogP contribution in [0.1, 0.15) is 103 Å². The number of carbonyl (C=O) groups excluding carboxylic acids is 2. The van der Waals surface area contributed by atoms with Gasteiger partial charge in [0, 0.05) is 41.7 Å². The van der Waals surface area contributed by atoms with Crippen LogP contribution in [0.15, 0.2) is 30.3 Å². The zero-order valence-corrected chi connectivity index (χ0v) is 21.7. The first kappa shape index (κ1) is 23.7. The van der Waals surface area contributed by atoms with Gasteiger partial charge in [0.15, 0.2) is 0 Å². The molecule has 0 N–H and O–H groups in total. The molecule has 6 rings (SSSR count). The van der Waals surface area contributed by atoms with Gasteiger partial charge in [-0.15, -0.1) is 0 Å². The number of piperidine rings is 2. The Bertz CT molecular complexity index is 899. The molecule has 0 aromatic heterocycles. The fourth-order valence-electron chi connectivity index (χ4n) is 8.68. The van der Waals surface area contributed by atoms with Crippen molar-refractivity contribution in [1.82, 2.24) is 4.90 Å². The third-order valence-corrected chi connectivity index (χ3v) is 10.6. The molecule has 35 heavy (non-hydrogen) atoms. The molecular formula is C31H44N2O2. The lowest BCUT2D eigenvalue weighted by Gasteiger charge is -2.56. The van der Waals surface area contributed by atoms with Gasteiger partial charge in [-0.05, 0) is 95.1 Å². The second-order valence-corrected chi connectivity index (χ2v) is 12.8. The van der Waals surface area contributed by atoms with E-state index >= 15 is 0 Å². The van der Waals surface area contributed by atoms with Crippen molar-refractivity contribution in [3.8, 4) is 0 Å². The Kier molecular flexibility index (Phi) is 6.53. The van der Waals surface area contributed by atoms with Crippen LogP contribution < -0.4 is 4.90 Å². The summed E-state index contributed by atoms with van der Waals surface area (Å²) in [6, 6.07) is 12.7. The molecule has 2 saturated heterocycles. The maximum absolute atomic E-state index is 13.8. The van der Waals surface area contributed by atoms with E-state index in [2.05, 4.69) is 34.1 Å². The minimum absolute atomic E-state index is 0.197. The molecule has 6 atom stereocenters. The van der Waals surface area contributed by atoms with Crippen LogP contribution >= 0.6 is 0 Å². The number of amides is 1. The van der Waals surface area contributed by atoms with E-state index in [0.29, 0.717) is 18.5 Å². The summed E-state index contributed by atoms with van der Waals surface area (Å²) in [5.74, 6) is 2.43. The zero-order chi connectivity index (χ0) is 24.0. The highest BCUT2D eigenvalue weighted by Crippen LogP contribution is 2.51. The lowest BCUT2D eigenvalue weighted by Crippen LogP contribution is -2.62. The van der Waals surface area contributed by atoms with E-state index in [1.54, 1.807) is 6.92 Å². The minimum Gasteiger partial charge on any atom is -0.309 e. The molecule has 1 amide bonds. The van der Waals surface area contributed by atoms with Crippen LogP contribution in [0.2, 0.25) is 0 Å². The summed E-state index contributed by atoms with van der Waals surface area (Å²) < 4.78 is 0. The molecule has 5 fully saturated rings. The number of fused-ring (bicyclic) bond motifs is 4. The maximum Gasteiger partial charge on any atom is 0.227 e. The fourth-order valence-corrected chi connectivity index (χ4v) is 8.68. The summed E-state index contributed by atoms with van der Waals surface area (Å²) >= 11 is 0. The fraction of sp³-hybridized carbons (Fsp3) is 0.742. The van der Waals surface area contributed by atoms with E-state index in [1.165, 1.54) is 57.8 Å². The molecule has 2 aliphatic heterocycles. The first-order chi connectivity index (χ1) is 17.0. The summed E-state index contributed by atoms with van der Waals surface area (Å²) in [4.78, 5) is 31.1. The van der Waals surface area contributed by atoms with Gasteiger partial charge in [0.05, 0.1) is 0 Å². The van der Waals surface area contributed by atoms with Crippen molar-refractivity contribution in [2.24, 2.45) is 17.3 Å². The average molecular weight is 477 g/mol. The van der Waals surface area contributed by atoms with Gasteiger partial charge in [0.2, 0.25) is 5.91 Å². The smallest absolute Gasteiger partial charge is 0.227 e. The van der Waals surface area contributed by atoms with Crippen molar-refractivity contribution >= 4 is 17.4 Å². The third kappa shape index (κ3) is 4.72. The van der Waals surface area contributed by atoms with Gasteiger partial charge in [-0.25, -0.2) is 0 Å². The molecule has 3 aliphatic carbocycles. The molecule has 4 bridgehead atoms. The van der Waals surface area contributed by atoms with Crippen molar-refractivity contribution in [1.29, 1.82) is 0 Å². The Labute approximate surface area is 211 Å². The number of benzene rings is 1. The van der Waals surface area contributed by atoms with Crippen molar-refractivity contribution in [3.05, 3.63) is 30.3 Å². The van der Waals surface area contributed by atoms with E-state index in [0.717, 1.165) is 55.7 Å². The lowest BCUT2D eigenvalue weighted by atomic mass is 9.68. The average Bonchev–Trinajstić information content (AvgIpc) is 3.64. The van der Waals surface area contributed by atoms with Crippen LogP contribution in [0.25, 0.3) is 0 Å². The van der Waals surface area contributed by atoms with Crippen LogP contribution in [-0.2, 0) is 9.59 Å². The van der Waals surface area contributed by atoms with Crippen LogP contribution in [0, 0.1) is 17.3 Å². The predicted octanol–water partition coefficient (Wildman–Crippen LogP) is 6.52. The SMILES string of the molecule is CC(=O)C1(CCC(=O)N(c2ccccc2)C2C[C@H]3CCC[C@@H](C2)N3C2C[C@H]3CCC[C@@H](C2)C3)CC1. The van der Waals surface area contributed by atoms with Gasteiger partial charge in [-0.2, -0.15) is 0 Å². The van der Waals surface area contributed by atoms with Crippen LogP contribution in [-0.4, -0.2) is 40.8 Å². The van der Waals surface area contributed by atoms with E-state index in [4.69, 9.17) is 0 Å². The van der Waals surface area contributed by atoms with Crippen molar-refractivity contribution < 1.29 is 9.59 Å². The highest BCUT2D eigenvalue weighted by Gasteiger charge is 2.49. The van der Waals surface area contributed by atoms with Crippen LogP contribution in [0.4, 0.5) is 5.69 Å². The van der Waals surface area contributed by atoms with Crippen LogP contribution in [0.3, 0.4) is 0 Å². The Morgan fingerprint density at radius 2 is 1.49 bits per heavy atom. The largest absolute Gasteiger partial charge is 0.309 e. The van der Waals surface area contributed by atoms with E-state index in [-0.39, 0.29) is 23.1 Å². The first-order valence-corrected chi connectivity index (χ1v) is 14.7. The number of carbonyl (C=O) groups is 2. The topological polar surface area (TPSA) is 40.6 Å². The van der Waals surface area contributed by atoms with E-state index in [1.807, 2.05) is 6.07 Å². The van der Waals surface area contributed by atoms with Gasteiger partial charge in [-0.1, -0.05) is 43.9 Å². The van der Waals surface area contributed by atoms with Crippen molar-refractivity contribution in [2.45, 2.75) is 127 Å². The summed E-state index contributed by atoms with van der Waals surface area (Å²) in [6.07, 6.45) is 18.0. The third-order valence-electron chi connectivity index (χ3n) is 10.6. The monoisotopic (exact) mass is 476 g/mol. The lowest BCUT2D eigenvalue weighted by molar-refractivity contribution is -0.123. The summed E-state index contributed by atoms with van der Waals surface area (Å²) in [7, 11) is 0. The van der Waals surface area contributed by atoms with Gasteiger partial charge in [0.1, 0.15) is 5.78 Å². The maximum atomic E-state index is 13.8. The Balaban J connectivity index is 1.20.